The number of sulfonamides is 1. The van der Waals surface area contributed by atoms with Crippen LogP contribution in [-0.4, -0.2) is 35.7 Å². The van der Waals surface area contributed by atoms with E-state index in [1.165, 1.54) is 6.42 Å². The van der Waals surface area contributed by atoms with Crippen molar-refractivity contribution in [3.05, 3.63) is 36.2 Å². The lowest BCUT2D eigenvalue weighted by molar-refractivity contribution is 0.0353. The Labute approximate surface area is 162 Å². The highest BCUT2D eigenvalue weighted by atomic mass is 32.2. The molecule has 0 radical (unpaired) electrons. The van der Waals surface area contributed by atoms with Gasteiger partial charge in [-0.3, -0.25) is 9.40 Å². The first-order valence-corrected chi connectivity index (χ1v) is 11.0. The van der Waals surface area contributed by atoms with Crippen LogP contribution in [0.5, 0.6) is 5.75 Å². The minimum Gasteiger partial charge on any atom is -0.496 e. The van der Waals surface area contributed by atoms with Crippen LogP contribution in [0.15, 0.2) is 35.1 Å². The van der Waals surface area contributed by atoms with E-state index in [4.69, 9.17) is 9.26 Å². The molecule has 3 aromatic rings. The van der Waals surface area contributed by atoms with Crippen LogP contribution >= 0.6 is 0 Å². The third-order valence-electron chi connectivity index (χ3n) is 6.13. The Morgan fingerprint density at radius 3 is 2.82 bits per heavy atom. The zero-order chi connectivity index (χ0) is 19.4. The summed E-state index contributed by atoms with van der Waals surface area (Å²) in [6, 6.07) is 5.54. The van der Waals surface area contributed by atoms with Crippen LogP contribution in [0.4, 0.5) is 5.82 Å². The van der Waals surface area contributed by atoms with E-state index in [1.807, 2.05) is 24.4 Å². The minimum atomic E-state index is -3.50. The molecule has 2 saturated carbocycles. The summed E-state index contributed by atoms with van der Waals surface area (Å²) >= 11 is 0. The van der Waals surface area contributed by atoms with Gasteiger partial charge in [0.25, 0.3) is 0 Å². The highest BCUT2D eigenvalue weighted by Gasteiger charge is 2.53. The maximum Gasteiger partial charge on any atom is 0.236 e. The van der Waals surface area contributed by atoms with E-state index in [1.54, 1.807) is 18.0 Å². The molecule has 28 heavy (non-hydrogen) atoms. The highest BCUT2D eigenvalue weighted by Crippen LogP contribution is 2.57. The van der Waals surface area contributed by atoms with Gasteiger partial charge in [0.05, 0.1) is 18.9 Å². The SMILES string of the molecule is COc1cc(Cn2cccn2)cc2onc(NS(=O)(=O)C3CC4(CCC4)C3)c12. The number of ether oxygens (including phenoxy) is 1. The second-order valence-corrected chi connectivity index (χ2v) is 9.90. The van der Waals surface area contributed by atoms with Crippen molar-refractivity contribution in [1.29, 1.82) is 0 Å². The molecule has 1 N–H and O–H groups in total. The van der Waals surface area contributed by atoms with Gasteiger partial charge in [-0.15, -0.1) is 0 Å². The molecule has 0 unspecified atom stereocenters. The van der Waals surface area contributed by atoms with Crippen molar-refractivity contribution in [3.63, 3.8) is 0 Å². The Balaban J connectivity index is 1.42. The summed E-state index contributed by atoms with van der Waals surface area (Å²) in [4.78, 5) is 0. The van der Waals surface area contributed by atoms with E-state index in [0.29, 0.717) is 23.3 Å². The first-order valence-electron chi connectivity index (χ1n) is 9.43. The van der Waals surface area contributed by atoms with Crippen LogP contribution in [0, 0.1) is 5.41 Å². The molecule has 2 fully saturated rings. The number of rotatable bonds is 6. The minimum absolute atomic E-state index is 0.187. The topological polar surface area (TPSA) is 99.2 Å². The Hall–Kier alpha value is -2.55. The van der Waals surface area contributed by atoms with Crippen molar-refractivity contribution in [2.75, 3.05) is 11.8 Å². The molecule has 5 rings (SSSR count). The smallest absolute Gasteiger partial charge is 0.236 e. The summed E-state index contributed by atoms with van der Waals surface area (Å²) in [6.07, 6.45) is 8.58. The summed E-state index contributed by atoms with van der Waals surface area (Å²) in [5.74, 6) is 0.703. The molecule has 9 heteroatoms. The van der Waals surface area contributed by atoms with Crippen molar-refractivity contribution in [3.8, 4) is 5.75 Å². The van der Waals surface area contributed by atoms with E-state index in [-0.39, 0.29) is 16.5 Å². The van der Waals surface area contributed by atoms with Crippen molar-refractivity contribution >= 4 is 26.8 Å². The normalized spacial score (nSPS) is 18.8. The van der Waals surface area contributed by atoms with E-state index in [0.717, 1.165) is 31.2 Å². The second-order valence-electron chi connectivity index (χ2n) is 7.94. The predicted octanol–water partition coefficient (Wildman–Crippen LogP) is 3.16. The van der Waals surface area contributed by atoms with Crippen molar-refractivity contribution in [2.45, 2.75) is 43.9 Å². The molecule has 0 aliphatic heterocycles. The summed E-state index contributed by atoms with van der Waals surface area (Å²) in [5, 5.41) is 8.35. The Morgan fingerprint density at radius 2 is 2.18 bits per heavy atom. The fourth-order valence-corrected chi connectivity index (χ4v) is 6.14. The summed E-state index contributed by atoms with van der Waals surface area (Å²) in [6.45, 7) is 0.547. The van der Waals surface area contributed by atoms with Crippen LogP contribution < -0.4 is 9.46 Å². The first-order chi connectivity index (χ1) is 13.5. The van der Waals surface area contributed by atoms with Gasteiger partial charge in [0, 0.05) is 12.4 Å². The highest BCUT2D eigenvalue weighted by molar-refractivity contribution is 7.93. The lowest BCUT2D eigenvalue weighted by Crippen LogP contribution is -2.50. The van der Waals surface area contributed by atoms with Gasteiger partial charge in [0.1, 0.15) is 11.1 Å². The Bertz CT molecular complexity index is 1110. The molecule has 1 spiro atoms. The van der Waals surface area contributed by atoms with Crippen LogP contribution in [0.3, 0.4) is 0 Å². The molecular weight excluding hydrogens is 380 g/mol. The largest absolute Gasteiger partial charge is 0.496 e. The third kappa shape index (κ3) is 2.85. The molecule has 0 bridgehead atoms. The van der Waals surface area contributed by atoms with Crippen molar-refractivity contribution < 1.29 is 17.7 Å². The summed E-state index contributed by atoms with van der Waals surface area (Å²) < 4.78 is 40.9. The number of hydrogen-bond donors (Lipinski definition) is 1. The third-order valence-corrected chi connectivity index (χ3v) is 7.82. The number of fused-ring (bicyclic) bond motifs is 1. The standard InChI is InChI=1S/C19H22N4O4S/c1-26-15-8-13(12-23-7-3-6-20-23)9-16-17(15)18(21-27-16)22-28(24,25)14-10-19(11-14)4-2-5-19/h3,6-9,14H,2,4-5,10-12H2,1H3,(H,21,22). The number of benzene rings is 1. The molecule has 148 valence electrons. The van der Waals surface area contributed by atoms with Crippen LogP contribution in [0.1, 0.15) is 37.7 Å². The fraction of sp³-hybridized carbons (Fsp3) is 0.474. The molecule has 1 aromatic carbocycles. The number of nitrogens with one attached hydrogen (secondary N) is 1. The monoisotopic (exact) mass is 402 g/mol. The number of anilines is 1. The van der Waals surface area contributed by atoms with E-state index >= 15 is 0 Å². The molecule has 2 aliphatic carbocycles. The molecule has 0 atom stereocenters. The Morgan fingerprint density at radius 1 is 1.36 bits per heavy atom. The summed E-state index contributed by atoms with van der Waals surface area (Å²) in [5.41, 5.74) is 1.68. The van der Waals surface area contributed by atoms with Gasteiger partial charge in [-0.2, -0.15) is 5.10 Å². The van der Waals surface area contributed by atoms with Crippen LogP contribution in [0.2, 0.25) is 0 Å². The van der Waals surface area contributed by atoms with Gasteiger partial charge in [-0.1, -0.05) is 11.6 Å². The number of aromatic nitrogens is 3. The molecular formula is C19H22N4O4S. The average molecular weight is 402 g/mol. The van der Waals surface area contributed by atoms with Gasteiger partial charge < -0.3 is 9.26 Å². The number of hydrogen-bond acceptors (Lipinski definition) is 6. The van der Waals surface area contributed by atoms with E-state index < -0.39 is 10.0 Å². The first kappa shape index (κ1) is 17.5. The fourth-order valence-electron chi connectivity index (χ4n) is 4.42. The molecule has 2 heterocycles. The van der Waals surface area contributed by atoms with Gasteiger partial charge in [-0.05, 0) is 54.9 Å². The number of nitrogens with zero attached hydrogens (tertiary/aromatic N) is 3. The van der Waals surface area contributed by atoms with Gasteiger partial charge in [0.15, 0.2) is 11.4 Å². The quantitative estimate of drug-likeness (QED) is 0.680. The van der Waals surface area contributed by atoms with Crippen LogP contribution in [-0.2, 0) is 16.6 Å². The van der Waals surface area contributed by atoms with Crippen LogP contribution in [0.25, 0.3) is 11.0 Å². The van der Waals surface area contributed by atoms with Crippen molar-refractivity contribution in [2.24, 2.45) is 5.41 Å². The molecule has 0 amide bonds. The zero-order valence-corrected chi connectivity index (χ0v) is 16.4. The van der Waals surface area contributed by atoms with E-state index in [2.05, 4.69) is 15.0 Å². The lowest BCUT2D eigenvalue weighted by atomic mass is 9.56. The van der Waals surface area contributed by atoms with Gasteiger partial charge in [-0.25, -0.2) is 8.42 Å². The summed E-state index contributed by atoms with van der Waals surface area (Å²) in [7, 11) is -1.96. The maximum atomic E-state index is 12.8. The second kappa shape index (κ2) is 6.23. The van der Waals surface area contributed by atoms with Gasteiger partial charge in [0.2, 0.25) is 10.0 Å². The zero-order valence-electron chi connectivity index (χ0n) is 15.6. The van der Waals surface area contributed by atoms with Gasteiger partial charge >= 0.3 is 0 Å². The maximum absolute atomic E-state index is 12.8. The van der Waals surface area contributed by atoms with E-state index in [9.17, 15) is 8.42 Å². The average Bonchev–Trinajstić information content (AvgIpc) is 3.21. The molecule has 2 aliphatic rings. The molecule has 0 saturated heterocycles. The number of methoxy groups -OCH3 is 1. The van der Waals surface area contributed by atoms with Crippen molar-refractivity contribution in [1.82, 2.24) is 14.9 Å². The Kier molecular flexibility index (Phi) is 3.90. The molecule has 8 nitrogen and oxygen atoms in total. The lowest BCUT2D eigenvalue weighted by Gasteiger charge is -2.53. The molecule has 2 aromatic heterocycles. The predicted molar refractivity (Wildman–Crippen MR) is 104 cm³/mol.